The number of amides is 1. The van der Waals surface area contributed by atoms with Crippen LogP contribution in [-0.2, 0) is 4.79 Å². The summed E-state index contributed by atoms with van der Waals surface area (Å²) in [4.78, 5) is 11.5. The van der Waals surface area contributed by atoms with E-state index in [1.807, 2.05) is 11.8 Å². The number of hydrogen-bond donors (Lipinski definition) is 2. The highest BCUT2D eigenvalue weighted by Crippen LogP contribution is 2.14. The lowest BCUT2D eigenvalue weighted by Gasteiger charge is -2.26. The summed E-state index contributed by atoms with van der Waals surface area (Å²) >= 11 is 1.84. The minimum Gasteiger partial charge on any atom is -0.360 e. The molecule has 0 bridgehead atoms. The lowest BCUT2D eigenvalue weighted by Crippen LogP contribution is -2.43. The molecule has 0 aromatic carbocycles. The fourth-order valence-electron chi connectivity index (χ4n) is 1.51. The molecule has 1 aromatic heterocycles. The summed E-state index contributed by atoms with van der Waals surface area (Å²) in [5.41, 5.74) is 0. The molecule has 1 aromatic rings. The van der Waals surface area contributed by atoms with Crippen LogP contribution < -0.4 is 10.6 Å². The van der Waals surface area contributed by atoms with Gasteiger partial charge in [0.2, 0.25) is 5.91 Å². The molecule has 0 aliphatic carbocycles. The Morgan fingerprint density at radius 2 is 2.53 bits per heavy atom. The standard InChI is InChI=1S/C11H17N3O2S/c1-8-4-10(14-16-8)13-11(15)2-3-17-7-9-5-12-6-9/h4,9,12H,2-3,5-7H2,1H3,(H,13,14,15). The van der Waals surface area contributed by atoms with Gasteiger partial charge in [-0.05, 0) is 31.7 Å². The molecule has 0 spiro atoms. The van der Waals surface area contributed by atoms with Gasteiger partial charge >= 0.3 is 0 Å². The Morgan fingerprint density at radius 3 is 3.12 bits per heavy atom. The predicted octanol–water partition coefficient (Wildman–Crippen LogP) is 1.26. The Morgan fingerprint density at radius 1 is 1.71 bits per heavy atom. The summed E-state index contributed by atoms with van der Waals surface area (Å²) in [6.07, 6.45) is 0.525. The average molecular weight is 255 g/mol. The number of nitrogens with one attached hydrogen (secondary N) is 2. The van der Waals surface area contributed by atoms with Gasteiger partial charge in [0.1, 0.15) is 5.76 Å². The number of thioether (sulfide) groups is 1. The lowest BCUT2D eigenvalue weighted by molar-refractivity contribution is -0.115. The average Bonchev–Trinajstić information content (AvgIpc) is 2.61. The molecule has 0 unspecified atom stereocenters. The van der Waals surface area contributed by atoms with Gasteiger partial charge in [-0.1, -0.05) is 5.16 Å². The van der Waals surface area contributed by atoms with Crippen molar-refractivity contribution in [3.63, 3.8) is 0 Å². The summed E-state index contributed by atoms with van der Waals surface area (Å²) in [6.45, 7) is 4.04. The van der Waals surface area contributed by atoms with Crippen LogP contribution in [0, 0.1) is 12.8 Å². The second-order valence-electron chi connectivity index (χ2n) is 4.22. The van der Waals surface area contributed by atoms with Gasteiger partial charge in [0.25, 0.3) is 0 Å². The molecule has 17 heavy (non-hydrogen) atoms. The molecule has 1 aliphatic rings. The van der Waals surface area contributed by atoms with Crippen LogP contribution in [0.15, 0.2) is 10.6 Å². The molecule has 1 fully saturated rings. The smallest absolute Gasteiger partial charge is 0.226 e. The van der Waals surface area contributed by atoms with E-state index in [1.54, 1.807) is 13.0 Å². The van der Waals surface area contributed by atoms with Crippen molar-refractivity contribution >= 4 is 23.5 Å². The molecule has 94 valence electrons. The summed E-state index contributed by atoms with van der Waals surface area (Å²) in [6, 6.07) is 1.71. The predicted molar refractivity (Wildman–Crippen MR) is 68.2 cm³/mol. The van der Waals surface area contributed by atoms with Crippen molar-refractivity contribution in [2.24, 2.45) is 5.92 Å². The number of aryl methyl sites for hydroxylation is 1. The minimum absolute atomic E-state index is 0.00228. The molecule has 0 radical (unpaired) electrons. The van der Waals surface area contributed by atoms with Crippen molar-refractivity contribution in [3.8, 4) is 0 Å². The van der Waals surface area contributed by atoms with Gasteiger partial charge in [0.05, 0.1) is 0 Å². The molecule has 2 N–H and O–H groups in total. The molecule has 2 rings (SSSR count). The van der Waals surface area contributed by atoms with E-state index in [2.05, 4.69) is 15.8 Å². The van der Waals surface area contributed by atoms with E-state index in [4.69, 9.17) is 4.52 Å². The Labute approximate surface area is 105 Å². The van der Waals surface area contributed by atoms with Gasteiger partial charge in [-0.15, -0.1) is 0 Å². The van der Waals surface area contributed by atoms with E-state index in [1.165, 1.54) is 0 Å². The topological polar surface area (TPSA) is 67.2 Å². The van der Waals surface area contributed by atoms with Crippen molar-refractivity contribution in [2.75, 3.05) is 29.9 Å². The number of nitrogens with zero attached hydrogens (tertiary/aromatic N) is 1. The second kappa shape index (κ2) is 6.07. The van der Waals surface area contributed by atoms with Gasteiger partial charge in [-0.2, -0.15) is 11.8 Å². The summed E-state index contributed by atoms with van der Waals surface area (Å²) in [5.74, 6) is 3.99. The van der Waals surface area contributed by atoms with E-state index in [0.717, 1.165) is 30.5 Å². The zero-order valence-electron chi connectivity index (χ0n) is 9.86. The van der Waals surface area contributed by atoms with Crippen molar-refractivity contribution in [2.45, 2.75) is 13.3 Å². The molecule has 1 amide bonds. The number of anilines is 1. The Balaban J connectivity index is 1.57. The lowest BCUT2D eigenvalue weighted by atomic mass is 10.1. The Hall–Kier alpha value is -1.01. The second-order valence-corrected chi connectivity index (χ2v) is 5.37. The highest BCUT2D eigenvalue weighted by Gasteiger charge is 2.16. The minimum atomic E-state index is -0.00228. The first-order valence-electron chi connectivity index (χ1n) is 5.75. The SMILES string of the molecule is Cc1cc(NC(=O)CCSCC2CNC2)no1. The number of aromatic nitrogens is 1. The van der Waals surface area contributed by atoms with Crippen molar-refractivity contribution in [1.82, 2.24) is 10.5 Å². The van der Waals surface area contributed by atoms with Gasteiger partial charge in [-0.25, -0.2) is 0 Å². The number of hydrogen-bond acceptors (Lipinski definition) is 5. The quantitative estimate of drug-likeness (QED) is 0.749. The van der Waals surface area contributed by atoms with Crippen molar-refractivity contribution in [3.05, 3.63) is 11.8 Å². The van der Waals surface area contributed by atoms with Crippen LogP contribution in [0.2, 0.25) is 0 Å². The fourth-order valence-corrected chi connectivity index (χ4v) is 2.58. The van der Waals surface area contributed by atoms with E-state index >= 15 is 0 Å². The third-order valence-electron chi connectivity index (χ3n) is 2.59. The molecule has 5 nitrogen and oxygen atoms in total. The molecular formula is C11H17N3O2S. The fraction of sp³-hybridized carbons (Fsp3) is 0.636. The van der Waals surface area contributed by atoms with Crippen LogP contribution in [0.4, 0.5) is 5.82 Å². The van der Waals surface area contributed by atoms with Gasteiger partial charge in [0.15, 0.2) is 5.82 Å². The maximum Gasteiger partial charge on any atom is 0.226 e. The molecule has 0 saturated carbocycles. The summed E-state index contributed by atoms with van der Waals surface area (Å²) in [5, 5.41) is 9.66. The monoisotopic (exact) mass is 255 g/mol. The first-order valence-corrected chi connectivity index (χ1v) is 6.91. The van der Waals surface area contributed by atoms with Gasteiger partial charge < -0.3 is 15.2 Å². The maximum atomic E-state index is 11.5. The molecule has 0 atom stereocenters. The summed E-state index contributed by atoms with van der Waals surface area (Å²) in [7, 11) is 0. The number of carbonyl (C=O) groups excluding carboxylic acids is 1. The Bertz CT molecular complexity index is 377. The first-order chi connectivity index (χ1) is 8.24. The van der Waals surface area contributed by atoms with E-state index < -0.39 is 0 Å². The largest absolute Gasteiger partial charge is 0.360 e. The first kappa shape index (κ1) is 12.4. The van der Waals surface area contributed by atoms with E-state index in [-0.39, 0.29) is 5.91 Å². The van der Waals surface area contributed by atoms with Gasteiger partial charge in [-0.3, -0.25) is 4.79 Å². The Kier molecular flexibility index (Phi) is 4.44. The van der Waals surface area contributed by atoms with Crippen molar-refractivity contribution in [1.29, 1.82) is 0 Å². The zero-order valence-corrected chi connectivity index (χ0v) is 10.7. The number of rotatable bonds is 6. The van der Waals surface area contributed by atoms with Gasteiger partial charge in [0, 0.05) is 18.2 Å². The van der Waals surface area contributed by atoms with Crippen LogP contribution in [-0.4, -0.2) is 35.7 Å². The molecule has 6 heteroatoms. The third kappa shape index (κ3) is 4.05. The van der Waals surface area contributed by atoms with Crippen LogP contribution in [0.5, 0.6) is 0 Å². The normalized spacial score (nSPS) is 15.6. The van der Waals surface area contributed by atoms with E-state index in [0.29, 0.717) is 18.0 Å². The summed E-state index contributed by atoms with van der Waals surface area (Å²) < 4.78 is 4.87. The van der Waals surface area contributed by atoms with Crippen LogP contribution in [0.3, 0.4) is 0 Å². The maximum absolute atomic E-state index is 11.5. The molecule has 2 heterocycles. The van der Waals surface area contributed by atoms with Crippen LogP contribution in [0.1, 0.15) is 12.2 Å². The molecule has 1 aliphatic heterocycles. The van der Waals surface area contributed by atoms with Crippen LogP contribution >= 0.6 is 11.8 Å². The highest BCUT2D eigenvalue weighted by molar-refractivity contribution is 7.99. The molecular weight excluding hydrogens is 238 g/mol. The number of carbonyl (C=O) groups is 1. The molecule has 1 saturated heterocycles. The zero-order chi connectivity index (χ0) is 12.1. The van der Waals surface area contributed by atoms with Crippen LogP contribution in [0.25, 0.3) is 0 Å². The van der Waals surface area contributed by atoms with Crippen molar-refractivity contribution < 1.29 is 9.32 Å². The highest BCUT2D eigenvalue weighted by atomic mass is 32.2. The van der Waals surface area contributed by atoms with E-state index in [9.17, 15) is 4.79 Å². The third-order valence-corrected chi connectivity index (χ3v) is 3.79.